The number of carbonyl (C=O) groups is 2. The van der Waals surface area contributed by atoms with E-state index in [9.17, 15) is 9.59 Å². The highest BCUT2D eigenvalue weighted by atomic mass is 16.6. The molecule has 1 aliphatic heterocycles. The first-order valence-electron chi connectivity index (χ1n) is 10.0. The van der Waals surface area contributed by atoms with Gasteiger partial charge in [-0.1, -0.05) is 6.07 Å². The minimum absolute atomic E-state index is 0.255. The lowest BCUT2D eigenvalue weighted by Crippen LogP contribution is -2.36. The molecule has 30 heavy (non-hydrogen) atoms. The molecule has 0 unspecified atom stereocenters. The highest BCUT2D eigenvalue weighted by molar-refractivity contribution is 5.95. The Bertz CT molecular complexity index is 855. The van der Waals surface area contributed by atoms with Gasteiger partial charge in [0.15, 0.2) is 12.7 Å². The van der Waals surface area contributed by atoms with Crippen molar-refractivity contribution in [3.63, 3.8) is 0 Å². The Balaban J connectivity index is 1.46. The summed E-state index contributed by atoms with van der Waals surface area (Å²) in [5.41, 5.74) is 3.82. The van der Waals surface area contributed by atoms with Crippen LogP contribution in [0.15, 0.2) is 42.5 Å². The molecule has 1 aliphatic rings. The van der Waals surface area contributed by atoms with Gasteiger partial charge in [-0.25, -0.2) is 4.79 Å². The number of hydrogen-bond donors (Lipinski definition) is 1. The lowest BCUT2D eigenvalue weighted by molar-refractivity contribution is -0.155. The summed E-state index contributed by atoms with van der Waals surface area (Å²) in [7, 11) is 0. The van der Waals surface area contributed by atoms with Gasteiger partial charge < -0.3 is 24.4 Å². The van der Waals surface area contributed by atoms with E-state index in [0.717, 1.165) is 29.9 Å². The molecule has 1 amide bonds. The van der Waals surface area contributed by atoms with Crippen LogP contribution in [0.5, 0.6) is 5.75 Å². The molecular formula is C23H28N2O5. The van der Waals surface area contributed by atoms with E-state index in [2.05, 4.69) is 10.2 Å². The van der Waals surface area contributed by atoms with E-state index in [1.165, 1.54) is 6.92 Å². The smallest absolute Gasteiger partial charge is 0.344 e. The van der Waals surface area contributed by atoms with Crippen molar-refractivity contribution in [2.75, 3.05) is 43.1 Å². The number of aryl methyl sites for hydroxylation is 2. The van der Waals surface area contributed by atoms with Crippen LogP contribution in [0.2, 0.25) is 0 Å². The zero-order valence-corrected chi connectivity index (χ0v) is 17.6. The topological polar surface area (TPSA) is 77.1 Å². The Morgan fingerprint density at radius 3 is 2.33 bits per heavy atom. The van der Waals surface area contributed by atoms with Gasteiger partial charge in [0.25, 0.3) is 5.91 Å². The molecule has 0 saturated carbocycles. The highest BCUT2D eigenvalue weighted by Crippen LogP contribution is 2.19. The Labute approximate surface area is 176 Å². The summed E-state index contributed by atoms with van der Waals surface area (Å²) in [5, 5.41) is 2.77. The second-order valence-electron chi connectivity index (χ2n) is 7.38. The Kier molecular flexibility index (Phi) is 7.30. The maximum Gasteiger partial charge on any atom is 0.344 e. The van der Waals surface area contributed by atoms with Crippen LogP contribution in [0.3, 0.4) is 0 Å². The zero-order chi connectivity index (χ0) is 21.5. The van der Waals surface area contributed by atoms with E-state index in [4.69, 9.17) is 14.2 Å². The van der Waals surface area contributed by atoms with Crippen LogP contribution in [-0.2, 0) is 19.1 Å². The summed E-state index contributed by atoms with van der Waals surface area (Å²) in [6.07, 6.45) is -0.931. The number of ether oxygens (including phenoxy) is 3. The van der Waals surface area contributed by atoms with E-state index in [1.807, 2.05) is 56.3 Å². The quantitative estimate of drug-likeness (QED) is 0.705. The van der Waals surface area contributed by atoms with Crippen molar-refractivity contribution in [1.82, 2.24) is 0 Å². The van der Waals surface area contributed by atoms with Gasteiger partial charge in [-0.2, -0.15) is 0 Å². The van der Waals surface area contributed by atoms with E-state index in [0.29, 0.717) is 24.7 Å². The fourth-order valence-electron chi connectivity index (χ4n) is 3.26. The molecule has 1 fully saturated rings. The van der Waals surface area contributed by atoms with Crippen LogP contribution in [0.4, 0.5) is 11.4 Å². The lowest BCUT2D eigenvalue weighted by Gasteiger charge is -2.28. The summed E-state index contributed by atoms with van der Waals surface area (Å²) in [6, 6.07) is 13.3. The molecule has 3 rings (SSSR count). The number of esters is 1. The summed E-state index contributed by atoms with van der Waals surface area (Å²) in [6.45, 7) is 8.33. The van der Waals surface area contributed by atoms with Gasteiger partial charge in [0, 0.05) is 24.5 Å². The molecular weight excluding hydrogens is 384 g/mol. The summed E-state index contributed by atoms with van der Waals surface area (Å²) in [4.78, 5) is 26.6. The van der Waals surface area contributed by atoms with Gasteiger partial charge >= 0.3 is 5.97 Å². The second-order valence-corrected chi connectivity index (χ2v) is 7.38. The number of amides is 1. The molecule has 160 valence electrons. The highest BCUT2D eigenvalue weighted by Gasteiger charge is 2.19. The Morgan fingerprint density at radius 1 is 1.07 bits per heavy atom. The van der Waals surface area contributed by atoms with Gasteiger partial charge in [0.1, 0.15) is 5.75 Å². The van der Waals surface area contributed by atoms with Crippen molar-refractivity contribution >= 4 is 23.3 Å². The predicted octanol–water partition coefficient (Wildman–Crippen LogP) is 3.09. The first-order chi connectivity index (χ1) is 14.4. The third-order valence-electron chi connectivity index (χ3n) is 4.74. The molecule has 2 aromatic carbocycles. The number of morpholine rings is 1. The monoisotopic (exact) mass is 412 g/mol. The molecule has 7 nitrogen and oxygen atoms in total. The van der Waals surface area contributed by atoms with Crippen molar-refractivity contribution in [2.24, 2.45) is 0 Å². The molecule has 0 spiro atoms. The van der Waals surface area contributed by atoms with Crippen molar-refractivity contribution in [1.29, 1.82) is 0 Å². The normalized spacial score (nSPS) is 14.7. The minimum atomic E-state index is -0.931. The Hall–Kier alpha value is -3.06. The van der Waals surface area contributed by atoms with Crippen LogP contribution >= 0.6 is 0 Å². The molecule has 0 bridgehead atoms. The van der Waals surface area contributed by atoms with E-state index < -0.39 is 18.0 Å². The molecule has 1 saturated heterocycles. The molecule has 7 heteroatoms. The van der Waals surface area contributed by atoms with Crippen LogP contribution in [0.25, 0.3) is 0 Å². The first-order valence-corrected chi connectivity index (χ1v) is 10.0. The minimum Gasteiger partial charge on any atom is -0.482 e. The Morgan fingerprint density at radius 2 is 1.70 bits per heavy atom. The molecule has 1 heterocycles. The summed E-state index contributed by atoms with van der Waals surface area (Å²) >= 11 is 0. The van der Waals surface area contributed by atoms with Crippen molar-refractivity contribution in [3.8, 4) is 5.75 Å². The average Bonchev–Trinajstić information content (AvgIpc) is 2.73. The summed E-state index contributed by atoms with van der Waals surface area (Å²) in [5.74, 6) is -0.393. The van der Waals surface area contributed by atoms with E-state index in [1.54, 1.807) is 0 Å². The van der Waals surface area contributed by atoms with Crippen molar-refractivity contribution in [2.45, 2.75) is 26.9 Å². The zero-order valence-electron chi connectivity index (χ0n) is 17.6. The number of rotatable bonds is 7. The second kappa shape index (κ2) is 10.1. The van der Waals surface area contributed by atoms with Gasteiger partial charge in [-0.3, -0.25) is 4.79 Å². The van der Waals surface area contributed by atoms with Crippen LogP contribution in [-0.4, -0.2) is 50.9 Å². The first kappa shape index (κ1) is 21.6. The standard InChI is InChI=1S/C23H28N2O5/c1-16-12-17(2)14-21(13-16)29-15-22(26)30-18(3)23(27)24-19-4-6-20(7-5-19)25-8-10-28-11-9-25/h4-7,12-14,18H,8-11,15H2,1-3H3,(H,24,27)/t18-/m1/s1. The number of nitrogens with one attached hydrogen (secondary N) is 1. The molecule has 0 aliphatic carbocycles. The number of benzene rings is 2. The number of hydrogen-bond acceptors (Lipinski definition) is 6. The third-order valence-corrected chi connectivity index (χ3v) is 4.74. The fraction of sp³-hybridized carbons (Fsp3) is 0.391. The van der Waals surface area contributed by atoms with Gasteiger partial charge in [-0.15, -0.1) is 0 Å². The van der Waals surface area contributed by atoms with Gasteiger partial charge in [0.05, 0.1) is 13.2 Å². The number of anilines is 2. The third kappa shape index (κ3) is 6.22. The van der Waals surface area contributed by atoms with Crippen LogP contribution in [0.1, 0.15) is 18.1 Å². The summed E-state index contributed by atoms with van der Waals surface area (Å²) < 4.78 is 16.0. The average molecular weight is 412 g/mol. The molecule has 0 radical (unpaired) electrons. The predicted molar refractivity (Wildman–Crippen MR) is 115 cm³/mol. The lowest BCUT2D eigenvalue weighted by atomic mass is 10.1. The van der Waals surface area contributed by atoms with E-state index in [-0.39, 0.29) is 6.61 Å². The van der Waals surface area contributed by atoms with Crippen LogP contribution < -0.4 is 15.0 Å². The van der Waals surface area contributed by atoms with Crippen LogP contribution in [0, 0.1) is 13.8 Å². The van der Waals surface area contributed by atoms with Crippen molar-refractivity contribution < 1.29 is 23.8 Å². The SMILES string of the molecule is Cc1cc(C)cc(OCC(=O)O[C@H](C)C(=O)Nc2ccc(N3CCOCC3)cc2)c1. The fourth-order valence-corrected chi connectivity index (χ4v) is 3.26. The maximum absolute atomic E-state index is 12.3. The molecule has 1 N–H and O–H groups in total. The van der Waals surface area contributed by atoms with Crippen molar-refractivity contribution in [3.05, 3.63) is 53.6 Å². The number of nitrogens with zero attached hydrogens (tertiary/aromatic N) is 1. The van der Waals surface area contributed by atoms with E-state index >= 15 is 0 Å². The van der Waals surface area contributed by atoms with Gasteiger partial charge in [0.2, 0.25) is 0 Å². The maximum atomic E-state index is 12.3. The molecule has 1 atom stereocenters. The molecule has 0 aromatic heterocycles. The number of carbonyl (C=O) groups excluding carboxylic acids is 2. The molecule has 2 aromatic rings. The van der Waals surface area contributed by atoms with Gasteiger partial charge in [-0.05, 0) is 68.3 Å². The largest absolute Gasteiger partial charge is 0.482 e.